The van der Waals surface area contributed by atoms with Crippen LogP contribution in [-0.2, 0) is 16.1 Å². The lowest BCUT2D eigenvalue weighted by Crippen LogP contribution is -2.07. The average molecular weight is 350 g/mol. The maximum absolute atomic E-state index is 11.8. The van der Waals surface area contributed by atoms with Crippen molar-refractivity contribution in [2.45, 2.75) is 10.9 Å². The fourth-order valence-electron chi connectivity index (χ4n) is 1.84. The predicted octanol–water partition coefficient (Wildman–Crippen LogP) is 4.79. The van der Waals surface area contributed by atoms with Crippen molar-refractivity contribution < 1.29 is 9.53 Å². The molecular weight excluding hydrogens is 338 g/mol. The largest absolute Gasteiger partial charge is 0.460 e. The first-order valence-corrected chi connectivity index (χ1v) is 8.77. The van der Waals surface area contributed by atoms with Gasteiger partial charge in [-0.3, -0.25) is 4.79 Å². The predicted molar refractivity (Wildman–Crippen MR) is 91.6 cm³/mol. The SMILES string of the molecule is O=C(CSc1nc2cc(Cl)ccc2s1)OCc1ccccc1. The Kier molecular flexibility index (Phi) is 4.97. The number of ether oxygens (including phenoxy) is 1. The van der Waals surface area contributed by atoms with Crippen molar-refractivity contribution in [3.05, 3.63) is 59.1 Å². The number of rotatable bonds is 5. The lowest BCUT2D eigenvalue weighted by Gasteiger charge is -2.03. The summed E-state index contributed by atoms with van der Waals surface area (Å²) in [6, 6.07) is 15.2. The first-order valence-electron chi connectivity index (χ1n) is 6.59. The number of esters is 1. The van der Waals surface area contributed by atoms with Gasteiger partial charge in [-0.25, -0.2) is 4.98 Å². The minimum absolute atomic E-state index is 0.244. The Hall–Kier alpha value is -1.56. The quantitative estimate of drug-likeness (QED) is 0.490. The highest BCUT2D eigenvalue weighted by atomic mass is 35.5. The van der Waals surface area contributed by atoms with Crippen molar-refractivity contribution in [3.63, 3.8) is 0 Å². The second-order valence-electron chi connectivity index (χ2n) is 4.53. The third-order valence-electron chi connectivity index (χ3n) is 2.89. The average Bonchev–Trinajstić information content (AvgIpc) is 2.94. The smallest absolute Gasteiger partial charge is 0.316 e. The van der Waals surface area contributed by atoms with E-state index in [2.05, 4.69) is 4.98 Å². The molecule has 0 saturated carbocycles. The molecule has 0 atom stereocenters. The van der Waals surface area contributed by atoms with Crippen LogP contribution in [0.3, 0.4) is 0 Å². The van der Waals surface area contributed by atoms with E-state index in [9.17, 15) is 4.79 Å². The van der Waals surface area contributed by atoms with Gasteiger partial charge in [0, 0.05) is 5.02 Å². The number of fused-ring (bicyclic) bond motifs is 1. The molecule has 0 aliphatic rings. The summed E-state index contributed by atoms with van der Waals surface area (Å²) >= 11 is 8.87. The number of benzene rings is 2. The number of halogens is 1. The summed E-state index contributed by atoms with van der Waals surface area (Å²) in [6.07, 6.45) is 0. The van der Waals surface area contributed by atoms with Crippen LogP contribution in [0.25, 0.3) is 10.2 Å². The normalized spacial score (nSPS) is 10.8. The first-order chi connectivity index (χ1) is 10.7. The van der Waals surface area contributed by atoms with Gasteiger partial charge in [-0.05, 0) is 23.8 Å². The molecule has 3 rings (SSSR count). The molecule has 3 aromatic rings. The van der Waals surface area contributed by atoms with Gasteiger partial charge in [-0.1, -0.05) is 53.7 Å². The Morgan fingerprint density at radius 1 is 1.23 bits per heavy atom. The van der Waals surface area contributed by atoms with Crippen LogP contribution in [0.5, 0.6) is 0 Å². The van der Waals surface area contributed by atoms with Crippen LogP contribution in [0.4, 0.5) is 0 Å². The summed E-state index contributed by atoms with van der Waals surface area (Å²) in [7, 11) is 0. The molecule has 0 aliphatic heterocycles. The molecule has 1 heterocycles. The molecule has 0 N–H and O–H groups in total. The van der Waals surface area contributed by atoms with Gasteiger partial charge in [-0.15, -0.1) is 11.3 Å². The van der Waals surface area contributed by atoms with Crippen LogP contribution in [0.15, 0.2) is 52.9 Å². The molecule has 0 aliphatic carbocycles. The molecule has 0 saturated heterocycles. The zero-order valence-corrected chi connectivity index (χ0v) is 13.9. The third kappa shape index (κ3) is 4.00. The van der Waals surface area contributed by atoms with Crippen molar-refractivity contribution in [2.24, 2.45) is 0 Å². The van der Waals surface area contributed by atoms with Gasteiger partial charge >= 0.3 is 5.97 Å². The number of hydrogen-bond donors (Lipinski definition) is 0. The second kappa shape index (κ2) is 7.13. The molecule has 2 aromatic carbocycles. The molecule has 0 bridgehead atoms. The molecule has 3 nitrogen and oxygen atoms in total. The monoisotopic (exact) mass is 349 g/mol. The zero-order chi connectivity index (χ0) is 15.4. The molecule has 0 spiro atoms. The van der Waals surface area contributed by atoms with Crippen LogP contribution < -0.4 is 0 Å². The number of carbonyl (C=O) groups is 1. The van der Waals surface area contributed by atoms with Crippen LogP contribution in [0.1, 0.15) is 5.56 Å². The molecule has 0 fully saturated rings. The number of hydrogen-bond acceptors (Lipinski definition) is 5. The fourth-order valence-corrected chi connectivity index (χ4v) is 3.85. The van der Waals surface area contributed by atoms with E-state index in [0.29, 0.717) is 11.6 Å². The first kappa shape index (κ1) is 15.3. The molecular formula is C16H12ClNO2S2. The van der Waals surface area contributed by atoms with Gasteiger partial charge in [0.25, 0.3) is 0 Å². The molecule has 0 unspecified atom stereocenters. The van der Waals surface area contributed by atoms with E-state index in [1.54, 1.807) is 11.3 Å². The summed E-state index contributed by atoms with van der Waals surface area (Å²) in [6.45, 7) is 0.301. The van der Waals surface area contributed by atoms with E-state index < -0.39 is 0 Å². The Morgan fingerprint density at radius 3 is 2.86 bits per heavy atom. The number of carbonyl (C=O) groups excluding carboxylic acids is 1. The van der Waals surface area contributed by atoms with Crippen molar-refractivity contribution in [1.29, 1.82) is 0 Å². The lowest BCUT2D eigenvalue weighted by atomic mass is 10.2. The number of nitrogens with zero attached hydrogens (tertiary/aromatic N) is 1. The van der Waals surface area contributed by atoms with Crippen LogP contribution >= 0.6 is 34.7 Å². The summed E-state index contributed by atoms with van der Waals surface area (Å²) in [5.74, 6) is 0.00607. The van der Waals surface area contributed by atoms with Gasteiger partial charge in [-0.2, -0.15) is 0 Å². The van der Waals surface area contributed by atoms with E-state index in [1.807, 2.05) is 48.5 Å². The van der Waals surface area contributed by atoms with Crippen molar-refractivity contribution in [1.82, 2.24) is 4.98 Å². The summed E-state index contributed by atoms with van der Waals surface area (Å²) in [4.78, 5) is 16.2. The number of thiazole rings is 1. The standard InChI is InChI=1S/C16H12ClNO2S2/c17-12-6-7-14-13(8-12)18-16(22-14)21-10-15(19)20-9-11-4-2-1-3-5-11/h1-8H,9-10H2. The molecule has 0 amide bonds. The lowest BCUT2D eigenvalue weighted by molar-refractivity contribution is -0.141. The summed E-state index contributed by atoms with van der Waals surface area (Å²) in [5.41, 5.74) is 1.84. The third-order valence-corrected chi connectivity index (χ3v) is 5.27. The van der Waals surface area contributed by atoms with E-state index in [0.717, 1.165) is 20.1 Å². The molecule has 0 radical (unpaired) electrons. The Labute approximate surface area is 141 Å². The number of aromatic nitrogens is 1. The Bertz CT molecular complexity index is 789. The van der Waals surface area contributed by atoms with Gasteiger partial charge in [0.15, 0.2) is 4.34 Å². The summed E-state index contributed by atoms with van der Waals surface area (Å²) < 4.78 is 7.14. The topological polar surface area (TPSA) is 39.2 Å². The Balaban J connectivity index is 1.53. The fraction of sp³-hybridized carbons (Fsp3) is 0.125. The van der Waals surface area contributed by atoms with Crippen LogP contribution in [0, 0.1) is 0 Å². The zero-order valence-electron chi connectivity index (χ0n) is 11.5. The Morgan fingerprint density at radius 2 is 2.05 bits per heavy atom. The van der Waals surface area contributed by atoms with E-state index in [1.165, 1.54) is 11.8 Å². The van der Waals surface area contributed by atoms with Gasteiger partial charge in [0.1, 0.15) is 6.61 Å². The van der Waals surface area contributed by atoms with Gasteiger partial charge in [0.05, 0.1) is 16.0 Å². The van der Waals surface area contributed by atoms with E-state index in [-0.39, 0.29) is 11.7 Å². The number of thioether (sulfide) groups is 1. The minimum atomic E-state index is -0.244. The molecule has 22 heavy (non-hydrogen) atoms. The van der Waals surface area contributed by atoms with Crippen molar-refractivity contribution >= 4 is 50.9 Å². The summed E-state index contributed by atoms with van der Waals surface area (Å²) in [5, 5.41) is 0.664. The minimum Gasteiger partial charge on any atom is -0.460 e. The van der Waals surface area contributed by atoms with Crippen molar-refractivity contribution in [2.75, 3.05) is 5.75 Å². The molecule has 1 aromatic heterocycles. The maximum atomic E-state index is 11.8. The maximum Gasteiger partial charge on any atom is 0.316 e. The van der Waals surface area contributed by atoms with Crippen molar-refractivity contribution in [3.8, 4) is 0 Å². The highest BCUT2D eigenvalue weighted by molar-refractivity contribution is 8.01. The highest BCUT2D eigenvalue weighted by Gasteiger charge is 2.09. The molecule has 6 heteroatoms. The van der Waals surface area contributed by atoms with E-state index >= 15 is 0 Å². The molecule has 112 valence electrons. The highest BCUT2D eigenvalue weighted by Crippen LogP contribution is 2.30. The van der Waals surface area contributed by atoms with E-state index in [4.69, 9.17) is 16.3 Å². The van der Waals surface area contributed by atoms with Crippen LogP contribution in [-0.4, -0.2) is 16.7 Å². The van der Waals surface area contributed by atoms with Gasteiger partial charge in [0.2, 0.25) is 0 Å². The van der Waals surface area contributed by atoms with Gasteiger partial charge < -0.3 is 4.74 Å². The van der Waals surface area contributed by atoms with Crippen LogP contribution in [0.2, 0.25) is 5.02 Å². The second-order valence-corrected chi connectivity index (χ2v) is 7.22.